The summed E-state index contributed by atoms with van der Waals surface area (Å²) >= 11 is 0. The van der Waals surface area contributed by atoms with E-state index >= 15 is 0 Å². The number of carbonyl (C=O) groups excluding carboxylic acids is 1. The summed E-state index contributed by atoms with van der Waals surface area (Å²) in [5.41, 5.74) is 0. The highest BCUT2D eigenvalue weighted by Crippen LogP contribution is 2.36. The molecule has 0 spiro atoms. The molecule has 6 heteroatoms. The number of urea groups is 1. The zero-order valence-electron chi connectivity index (χ0n) is 12.4. The lowest BCUT2D eigenvalue weighted by Crippen LogP contribution is -2.60. The van der Waals surface area contributed by atoms with Gasteiger partial charge in [0.2, 0.25) is 0 Å². The van der Waals surface area contributed by atoms with E-state index in [-0.39, 0.29) is 12.6 Å². The van der Waals surface area contributed by atoms with Crippen molar-refractivity contribution in [2.45, 2.75) is 50.6 Å². The van der Waals surface area contributed by atoms with Gasteiger partial charge in [0.05, 0.1) is 13.2 Å². The van der Waals surface area contributed by atoms with Gasteiger partial charge in [-0.25, -0.2) is 9.59 Å². The normalized spacial score (nSPS) is 33.4. The van der Waals surface area contributed by atoms with Crippen molar-refractivity contribution in [2.75, 3.05) is 26.3 Å². The maximum Gasteiger partial charge on any atom is 0.328 e. The molecule has 21 heavy (non-hydrogen) atoms. The predicted octanol–water partition coefficient (Wildman–Crippen LogP) is 1.55. The van der Waals surface area contributed by atoms with E-state index in [0.29, 0.717) is 25.1 Å². The fourth-order valence-corrected chi connectivity index (χ4v) is 4.06. The molecule has 0 aromatic heterocycles. The van der Waals surface area contributed by atoms with Crippen molar-refractivity contribution in [3.05, 3.63) is 0 Å². The molecule has 1 saturated carbocycles. The molecule has 2 heterocycles. The summed E-state index contributed by atoms with van der Waals surface area (Å²) in [7, 11) is 0. The van der Waals surface area contributed by atoms with Crippen LogP contribution in [0.4, 0.5) is 4.79 Å². The van der Waals surface area contributed by atoms with Gasteiger partial charge in [0.1, 0.15) is 0 Å². The Balaban J connectivity index is 1.74. The summed E-state index contributed by atoms with van der Waals surface area (Å²) in [5, 5.41) is 9.30. The molecule has 3 atom stereocenters. The number of hydrogen-bond acceptors (Lipinski definition) is 3. The van der Waals surface area contributed by atoms with Crippen molar-refractivity contribution in [3.8, 4) is 0 Å². The highest BCUT2D eigenvalue weighted by molar-refractivity contribution is 5.83. The van der Waals surface area contributed by atoms with E-state index in [1.807, 2.05) is 4.90 Å². The minimum absolute atomic E-state index is 0.0951. The van der Waals surface area contributed by atoms with Gasteiger partial charge in [-0.3, -0.25) is 0 Å². The molecule has 3 aliphatic rings. The van der Waals surface area contributed by atoms with Crippen LogP contribution in [0.3, 0.4) is 0 Å². The molecule has 3 fully saturated rings. The molecule has 3 unspecified atom stereocenters. The average Bonchev–Trinajstić information content (AvgIpc) is 2.53. The number of nitrogens with zero attached hydrogens (tertiary/aromatic N) is 2. The van der Waals surface area contributed by atoms with Crippen molar-refractivity contribution < 1.29 is 19.4 Å². The van der Waals surface area contributed by atoms with E-state index in [2.05, 4.69) is 0 Å². The van der Waals surface area contributed by atoms with Gasteiger partial charge in [-0.05, 0) is 31.6 Å². The Kier molecular flexibility index (Phi) is 4.33. The molecular formula is C15H24N2O4. The number of piperidine rings is 1. The zero-order valence-corrected chi connectivity index (χ0v) is 12.4. The fraction of sp³-hybridized carbons (Fsp3) is 0.867. The molecule has 2 amide bonds. The van der Waals surface area contributed by atoms with Crippen LogP contribution in [0.5, 0.6) is 0 Å². The van der Waals surface area contributed by atoms with Gasteiger partial charge in [0.25, 0.3) is 0 Å². The van der Waals surface area contributed by atoms with Gasteiger partial charge < -0.3 is 19.6 Å². The monoisotopic (exact) mass is 296 g/mol. The first kappa shape index (κ1) is 14.6. The molecule has 0 aromatic rings. The van der Waals surface area contributed by atoms with Gasteiger partial charge in [-0.1, -0.05) is 12.8 Å². The molecule has 1 aliphatic carbocycles. The Bertz CT molecular complexity index is 412. The largest absolute Gasteiger partial charge is 0.480 e. The summed E-state index contributed by atoms with van der Waals surface area (Å²) in [5.74, 6) is -0.360. The SMILES string of the molecule is O=C(O)C1COCCN1C(=O)N1CCCC2CCCCC21. The molecule has 0 radical (unpaired) electrons. The molecule has 6 nitrogen and oxygen atoms in total. The molecule has 3 rings (SSSR count). The first-order valence-electron chi connectivity index (χ1n) is 8.06. The van der Waals surface area contributed by atoms with Crippen molar-refractivity contribution >= 4 is 12.0 Å². The lowest BCUT2D eigenvalue weighted by molar-refractivity contribution is -0.148. The molecule has 1 N–H and O–H groups in total. The maximum atomic E-state index is 12.9. The zero-order chi connectivity index (χ0) is 14.8. The van der Waals surface area contributed by atoms with Crippen LogP contribution < -0.4 is 0 Å². The maximum absolute atomic E-state index is 12.9. The van der Waals surface area contributed by atoms with Crippen LogP contribution in [0.2, 0.25) is 0 Å². The summed E-state index contributed by atoms with van der Waals surface area (Å²) < 4.78 is 5.22. The number of ether oxygens (including phenoxy) is 1. The smallest absolute Gasteiger partial charge is 0.328 e. The number of carboxylic acid groups (broad SMARTS) is 1. The second kappa shape index (κ2) is 6.22. The third kappa shape index (κ3) is 2.86. The Morgan fingerprint density at radius 3 is 2.57 bits per heavy atom. The number of morpholine rings is 1. The predicted molar refractivity (Wildman–Crippen MR) is 76.0 cm³/mol. The molecule has 0 bridgehead atoms. The van der Waals surface area contributed by atoms with Crippen LogP contribution in [0.1, 0.15) is 38.5 Å². The van der Waals surface area contributed by atoms with E-state index in [9.17, 15) is 14.7 Å². The average molecular weight is 296 g/mol. The van der Waals surface area contributed by atoms with Crippen LogP contribution in [0.15, 0.2) is 0 Å². The Hall–Kier alpha value is -1.30. The summed E-state index contributed by atoms with van der Waals surface area (Å²) in [6.07, 6.45) is 6.96. The quantitative estimate of drug-likeness (QED) is 0.797. The molecule has 2 saturated heterocycles. The third-order valence-corrected chi connectivity index (χ3v) is 5.15. The van der Waals surface area contributed by atoms with Crippen molar-refractivity contribution in [1.29, 1.82) is 0 Å². The number of carboxylic acids is 1. The minimum atomic E-state index is -0.972. The Morgan fingerprint density at radius 1 is 1.00 bits per heavy atom. The highest BCUT2D eigenvalue weighted by atomic mass is 16.5. The number of likely N-dealkylation sites (tertiary alicyclic amines) is 1. The van der Waals surface area contributed by atoms with E-state index in [1.165, 1.54) is 30.6 Å². The Morgan fingerprint density at radius 2 is 1.76 bits per heavy atom. The fourth-order valence-electron chi connectivity index (χ4n) is 4.06. The van der Waals surface area contributed by atoms with Crippen molar-refractivity contribution in [1.82, 2.24) is 9.80 Å². The van der Waals surface area contributed by atoms with E-state index in [0.717, 1.165) is 19.4 Å². The van der Waals surface area contributed by atoms with Crippen LogP contribution in [0, 0.1) is 5.92 Å². The van der Waals surface area contributed by atoms with Gasteiger partial charge in [-0.15, -0.1) is 0 Å². The number of amides is 2. The molecular weight excluding hydrogens is 272 g/mol. The number of fused-ring (bicyclic) bond motifs is 1. The summed E-state index contributed by atoms with van der Waals surface area (Å²) in [4.78, 5) is 27.7. The molecule has 0 aromatic carbocycles. The first-order chi connectivity index (χ1) is 10.2. The van der Waals surface area contributed by atoms with E-state index < -0.39 is 12.0 Å². The van der Waals surface area contributed by atoms with Gasteiger partial charge >= 0.3 is 12.0 Å². The number of aliphatic carboxylic acids is 1. The van der Waals surface area contributed by atoms with Crippen LogP contribution in [-0.2, 0) is 9.53 Å². The lowest BCUT2D eigenvalue weighted by atomic mass is 9.78. The van der Waals surface area contributed by atoms with Gasteiger partial charge in [0.15, 0.2) is 6.04 Å². The standard InChI is InChI=1S/C15H24N2O4/c18-14(19)13-10-21-9-8-17(13)15(20)16-7-3-5-11-4-1-2-6-12(11)16/h11-13H,1-10H2,(H,18,19). The second-order valence-electron chi connectivity index (χ2n) is 6.35. The van der Waals surface area contributed by atoms with Crippen LogP contribution in [-0.4, -0.2) is 65.3 Å². The third-order valence-electron chi connectivity index (χ3n) is 5.15. The van der Waals surface area contributed by atoms with E-state index in [4.69, 9.17) is 4.74 Å². The minimum Gasteiger partial charge on any atom is -0.480 e. The van der Waals surface area contributed by atoms with Crippen LogP contribution in [0.25, 0.3) is 0 Å². The van der Waals surface area contributed by atoms with Crippen molar-refractivity contribution in [3.63, 3.8) is 0 Å². The second-order valence-corrected chi connectivity index (χ2v) is 6.35. The summed E-state index contributed by atoms with van der Waals surface area (Å²) in [6, 6.07) is -0.616. The van der Waals surface area contributed by atoms with Gasteiger partial charge in [-0.2, -0.15) is 0 Å². The van der Waals surface area contributed by atoms with Crippen molar-refractivity contribution in [2.24, 2.45) is 5.92 Å². The topological polar surface area (TPSA) is 70.1 Å². The summed E-state index contributed by atoms with van der Waals surface area (Å²) in [6.45, 7) is 1.67. The van der Waals surface area contributed by atoms with Gasteiger partial charge in [0, 0.05) is 19.1 Å². The Labute approximate surface area is 125 Å². The number of hydrogen-bond donors (Lipinski definition) is 1. The first-order valence-corrected chi connectivity index (χ1v) is 8.06. The molecule has 2 aliphatic heterocycles. The lowest BCUT2D eigenvalue weighted by Gasteiger charge is -2.47. The van der Waals surface area contributed by atoms with Crippen LogP contribution >= 0.6 is 0 Å². The number of carbonyl (C=O) groups is 2. The number of rotatable bonds is 1. The molecule has 118 valence electrons. The highest BCUT2D eigenvalue weighted by Gasteiger charge is 2.41. The van der Waals surface area contributed by atoms with E-state index in [1.54, 1.807) is 0 Å².